The van der Waals surface area contributed by atoms with Crippen molar-refractivity contribution in [3.63, 3.8) is 0 Å². The fraction of sp³-hybridized carbons (Fsp3) is 0.133. The molecular formula is C15H14N2O3. The first-order chi connectivity index (χ1) is 9.74. The Kier molecular flexibility index (Phi) is 3.16. The summed E-state index contributed by atoms with van der Waals surface area (Å²) in [5, 5.41) is 3.30. The molecule has 0 bridgehead atoms. The van der Waals surface area contributed by atoms with E-state index in [1.54, 1.807) is 13.2 Å². The Balaban J connectivity index is 1.73. The van der Waals surface area contributed by atoms with E-state index in [4.69, 9.17) is 9.15 Å². The largest absolute Gasteiger partial charge is 0.497 e. The Bertz CT molecular complexity index is 772. The molecule has 0 atom stereocenters. The standard InChI is InChI=1S/C15H14N2O3/c1-19-12-5-2-10(3-6-12)9-16-11-4-7-14-13(8-11)17-15(18)20-14/h2-8,16H,9H2,1H3,(H,17,18). The highest BCUT2D eigenvalue weighted by Gasteiger charge is 2.02. The van der Waals surface area contributed by atoms with E-state index in [0.717, 1.165) is 17.0 Å². The molecule has 0 amide bonds. The predicted molar refractivity (Wildman–Crippen MR) is 77.2 cm³/mol. The molecule has 0 aliphatic heterocycles. The van der Waals surface area contributed by atoms with Crippen molar-refractivity contribution >= 4 is 16.8 Å². The Morgan fingerprint density at radius 3 is 2.75 bits per heavy atom. The molecule has 20 heavy (non-hydrogen) atoms. The first kappa shape index (κ1) is 12.3. The molecular weight excluding hydrogens is 256 g/mol. The van der Waals surface area contributed by atoms with Crippen LogP contribution in [0.3, 0.4) is 0 Å². The van der Waals surface area contributed by atoms with E-state index in [9.17, 15) is 4.79 Å². The van der Waals surface area contributed by atoms with Gasteiger partial charge in [-0.1, -0.05) is 12.1 Å². The third kappa shape index (κ3) is 2.51. The molecule has 102 valence electrons. The summed E-state index contributed by atoms with van der Waals surface area (Å²) >= 11 is 0. The number of benzene rings is 2. The quantitative estimate of drug-likeness (QED) is 0.765. The second-order valence-corrected chi connectivity index (χ2v) is 4.43. The van der Waals surface area contributed by atoms with E-state index >= 15 is 0 Å². The van der Waals surface area contributed by atoms with Gasteiger partial charge in [0.15, 0.2) is 5.58 Å². The molecule has 0 fully saturated rings. The molecule has 5 nitrogen and oxygen atoms in total. The second kappa shape index (κ2) is 5.13. The lowest BCUT2D eigenvalue weighted by Gasteiger charge is -2.07. The van der Waals surface area contributed by atoms with Crippen LogP contribution in [0.1, 0.15) is 5.56 Å². The Morgan fingerprint density at radius 1 is 1.20 bits per heavy atom. The van der Waals surface area contributed by atoms with Crippen molar-refractivity contribution in [2.45, 2.75) is 6.54 Å². The van der Waals surface area contributed by atoms with Gasteiger partial charge in [-0.05, 0) is 35.9 Å². The Morgan fingerprint density at radius 2 is 2.00 bits per heavy atom. The van der Waals surface area contributed by atoms with Crippen LogP contribution in [0, 0.1) is 0 Å². The highest BCUT2D eigenvalue weighted by Crippen LogP contribution is 2.17. The summed E-state index contributed by atoms with van der Waals surface area (Å²) in [5.74, 6) is 0.401. The summed E-state index contributed by atoms with van der Waals surface area (Å²) in [6, 6.07) is 13.4. The molecule has 1 heterocycles. The van der Waals surface area contributed by atoms with Crippen molar-refractivity contribution in [1.82, 2.24) is 4.98 Å². The number of aromatic amines is 1. The lowest BCUT2D eigenvalue weighted by molar-refractivity contribution is 0.414. The van der Waals surface area contributed by atoms with Crippen molar-refractivity contribution in [3.8, 4) is 5.75 Å². The first-order valence-corrected chi connectivity index (χ1v) is 6.24. The van der Waals surface area contributed by atoms with Crippen LogP contribution in [0.25, 0.3) is 11.1 Å². The van der Waals surface area contributed by atoms with Gasteiger partial charge < -0.3 is 14.5 Å². The highest BCUT2D eigenvalue weighted by atomic mass is 16.5. The van der Waals surface area contributed by atoms with Crippen LogP contribution < -0.4 is 15.8 Å². The third-order valence-electron chi connectivity index (χ3n) is 3.07. The average Bonchev–Trinajstić information content (AvgIpc) is 2.85. The van der Waals surface area contributed by atoms with Crippen LogP contribution in [-0.4, -0.2) is 12.1 Å². The van der Waals surface area contributed by atoms with Crippen LogP contribution in [0.2, 0.25) is 0 Å². The molecule has 0 aliphatic rings. The van der Waals surface area contributed by atoms with Crippen molar-refractivity contribution in [2.24, 2.45) is 0 Å². The van der Waals surface area contributed by atoms with Gasteiger partial charge in [0.1, 0.15) is 5.75 Å². The number of H-pyrrole nitrogens is 1. The van der Waals surface area contributed by atoms with E-state index in [0.29, 0.717) is 17.6 Å². The number of hydrogen-bond acceptors (Lipinski definition) is 4. The van der Waals surface area contributed by atoms with Gasteiger partial charge in [0, 0.05) is 12.2 Å². The van der Waals surface area contributed by atoms with Crippen molar-refractivity contribution in [1.29, 1.82) is 0 Å². The lowest BCUT2D eigenvalue weighted by Crippen LogP contribution is -1.99. The number of oxazole rings is 1. The van der Waals surface area contributed by atoms with Crippen LogP contribution in [0.15, 0.2) is 51.7 Å². The Labute approximate surface area is 115 Å². The topological polar surface area (TPSA) is 67.3 Å². The summed E-state index contributed by atoms with van der Waals surface area (Å²) in [4.78, 5) is 13.7. The van der Waals surface area contributed by atoms with Gasteiger partial charge in [-0.25, -0.2) is 4.79 Å². The van der Waals surface area contributed by atoms with Crippen LogP contribution in [0.4, 0.5) is 5.69 Å². The normalized spacial score (nSPS) is 10.7. The molecule has 0 unspecified atom stereocenters. The zero-order chi connectivity index (χ0) is 13.9. The minimum Gasteiger partial charge on any atom is -0.497 e. The number of rotatable bonds is 4. The molecule has 2 aromatic carbocycles. The number of anilines is 1. The van der Waals surface area contributed by atoms with E-state index in [2.05, 4.69) is 10.3 Å². The molecule has 1 aromatic heterocycles. The summed E-state index contributed by atoms with van der Waals surface area (Å²) in [7, 11) is 1.65. The summed E-state index contributed by atoms with van der Waals surface area (Å²) in [6.45, 7) is 0.692. The zero-order valence-corrected chi connectivity index (χ0v) is 11.0. The van der Waals surface area contributed by atoms with Crippen LogP contribution in [-0.2, 0) is 6.54 Å². The maximum atomic E-state index is 11.1. The van der Waals surface area contributed by atoms with Gasteiger partial charge in [0.2, 0.25) is 0 Å². The van der Waals surface area contributed by atoms with Crippen molar-refractivity contribution in [2.75, 3.05) is 12.4 Å². The SMILES string of the molecule is COc1ccc(CNc2ccc3oc(=O)[nH]c3c2)cc1. The molecule has 5 heteroatoms. The Hall–Kier alpha value is -2.69. The van der Waals surface area contributed by atoms with E-state index in [1.165, 1.54) is 0 Å². The predicted octanol–water partition coefficient (Wildman–Crippen LogP) is 2.74. The highest BCUT2D eigenvalue weighted by molar-refractivity contribution is 5.76. The lowest BCUT2D eigenvalue weighted by atomic mass is 10.2. The molecule has 3 aromatic rings. The van der Waals surface area contributed by atoms with Gasteiger partial charge in [0.25, 0.3) is 0 Å². The van der Waals surface area contributed by atoms with Gasteiger partial charge >= 0.3 is 5.76 Å². The number of hydrogen-bond donors (Lipinski definition) is 2. The van der Waals surface area contributed by atoms with E-state index in [-0.39, 0.29) is 0 Å². The minimum atomic E-state index is -0.438. The van der Waals surface area contributed by atoms with E-state index in [1.807, 2.05) is 36.4 Å². The number of methoxy groups -OCH3 is 1. The summed E-state index contributed by atoms with van der Waals surface area (Å²) in [6.07, 6.45) is 0. The summed E-state index contributed by atoms with van der Waals surface area (Å²) in [5.41, 5.74) is 3.32. The fourth-order valence-electron chi connectivity index (χ4n) is 2.01. The van der Waals surface area contributed by atoms with E-state index < -0.39 is 5.76 Å². The second-order valence-electron chi connectivity index (χ2n) is 4.43. The zero-order valence-electron chi connectivity index (χ0n) is 11.0. The monoisotopic (exact) mass is 270 g/mol. The number of fused-ring (bicyclic) bond motifs is 1. The van der Waals surface area contributed by atoms with Gasteiger partial charge in [-0.15, -0.1) is 0 Å². The first-order valence-electron chi connectivity index (χ1n) is 6.24. The smallest absolute Gasteiger partial charge is 0.417 e. The molecule has 0 spiro atoms. The average molecular weight is 270 g/mol. The van der Waals surface area contributed by atoms with Gasteiger partial charge in [-0.3, -0.25) is 4.98 Å². The number of nitrogens with one attached hydrogen (secondary N) is 2. The molecule has 2 N–H and O–H groups in total. The van der Waals surface area contributed by atoms with Crippen LogP contribution >= 0.6 is 0 Å². The van der Waals surface area contributed by atoms with Gasteiger partial charge in [-0.2, -0.15) is 0 Å². The van der Waals surface area contributed by atoms with Crippen molar-refractivity contribution < 1.29 is 9.15 Å². The number of aromatic nitrogens is 1. The number of ether oxygens (including phenoxy) is 1. The van der Waals surface area contributed by atoms with Crippen LogP contribution in [0.5, 0.6) is 5.75 Å². The maximum Gasteiger partial charge on any atom is 0.417 e. The van der Waals surface area contributed by atoms with Crippen molar-refractivity contribution in [3.05, 3.63) is 58.6 Å². The molecule has 0 aliphatic carbocycles. The molecule has 3 rings (SSSR count). The maximum absolute atomic E-state index is 11.1. The molecule has 0 saturated carbocycles. The molecule has 0 radical (unpaired) electrons. The summed E-state index contributed by atoms with van der Waals surface area (Å²) < 4.78 is 10.1. The molecule has 0 saturated heterocycles. The van der Waals surface area contributed by atoms with Gasteiger partial charge in [0.05, 0.1) is 12.6 Å². The third-order valence-corrected chi connectivity index (χ3v) is 3.07. The minimum absolute atomic E-state index is 0.438. The fourth-order valence-corrected chi connectivity index (χ4v) is 2.01.